The molecule has 110 valence electrons. The summed E-state index contributed by atoms with van der Waals surface area (Å²) in [5, 5.41) is 9.94. The first-order valence-electron chi connectivity index (χ1n) is 7.33. The molecular formula is C15H17BrN4S. The zero-order valence-corrected chi connectivity index (χ0v) is 14.0. The highest BCUT2D eigenvalue weighted by atomic mass is 79.9. The molecule has 6 heteroatoms. The second-order valence-electron chi connectivity index (χ2n) is 5.90. The molecule has 0 unspecified atom stereocenters. The molecule has 0 spiro atoms. The number of halogens is 1. The Labute approximate surface area is 136 Å². The smallest absolute Gasteiger partial charge is 0.191 e. The predicted octanol–water partition coefficient (Wildman–Crippen LogP) is 4.13. The lowest BCUT2D eigenvalue weighted by atomic mass is 10.2. The van der Waals surface area contributed by atoms with Gasteiger partial charge in [-0.1, -0.05) is 27.7 Å². The fraction of sp³-hybridized carbons (Fsp3) is 0.467. The van der Waals surface area contributed by atoms with Crippen molar-refractivity contribution >= 4 is 33.4 Å². The predicted molar refractivity (Wildman–Crippen MR) is 88.4 cm³/mol. The fourth-order valence-electron chi connectivity index (χ4n) is 2.59. The van der Waals surface area contributed by atoms with Gasteiger partial charge in [0.2, 0.25) is 0 Å². The Bertz CT molecular complexity index is 656. The minimum absolute atomic E-state index is 0.644. The number of thioether (sulfide) groups is 1. The number of rotatable bonds is 5. The van der Waals surface area contributed by atoms with Gasteiger partial charge in [-0.3, -0.25) is 0 Å². The average molecular weight is 365 g/mol. The average Bonchev–Trinajstić information content (AvgIpc) is 3.34. The Hall–Kier alpha value is -1.01. The molecule has 0 radical (unpaired) electrons. The van der Waals surface area contributed by atoms with Crippen LogP contribution in [-0.4, -0.2) is 14.8 Å². The maximum absolute atomic E-state index is 5.90. The maximum Gasteiger partial charge on any atom is 0.191 e. The van der Waals surface area contributed by atoms with Crippen molar-refractivity contribution in [3.8, 4) is 0 Å². The van der Waals surface area contributed by atoms with E-state index in [4.69, 9.17) is 5.73 Å². The number of hydrogen-bond acceptors (Lipinski definition) is 4. The summed E-state index contributed by atoms with van der Waals surface area (Å²) < 4.78 is 3.42. The molecule has 1 aromatic carbocycles. The first kappa shape index (κ1) is 13.6. The number of anilines is 1. The third-order valence-corrected chi connectivity index (χ3v) is 5.37. The molecule has 2 aromatic rings. The highest BCUT2D eigenvalue weighted by molar-refractivity contribution is 9.10. The minimum atomic E-state index is 0.644. The van der Waals surface area contributed by atoms with Crippen LogP contribution in [0, 0.1) is 0 Å². The van der Waals surface area contributed by atoms with Crippen LogP contribution < -0.4 is 5.73 Å². The Morgan fingerprint density at radius 2 is 2.00 bits per heavy atom. The van der Waals surface area contributed by atoms with Crippen molar-refractivity contribution in [1.29, 1.82) is 0 Å². The van der Waals surface area contributed by atoms with Gasteiger partial charge in [0.05, 0.1) is 0 Å². The lowest BCUT2D eigenvalue weighted by Crippen LogP contribution is -2.02. The van der Waals surface area contributed by atoms with Gasteiger partial charge in [0.15, 0.2) is 5.16 Å². The molecular weight excluding hydrogens is 348 g/mol. The summed E-state index contributed by atoms with van der Waals surface area (Å²) in [5.41, 5.74) is 7.90. The maximum atomic E-state index is 5.90. The van der Waals surface area contributed by atoms with Crippen LogP contribution in [0.3, 0.4) is 0 Å². The Kier molecular flexibility index (Phi) is 3.46. The highest BCUT2D eigenvalue weighted by Crippen LogP contribution is 2.46. The molecule has 2 fully saturated rings. The summed E-state index contributed by atoms with van der Waals surface area (Å²) in [5.74, 6) is 2.75. The van der Waals surface area contributed by atoms with E-state index < -0.39 is 0 Å². The van der Waals surface area contributed by atoms with E-state index in [9.17, 15) is 0 Å². The van der Waals surface area contributed by atoms with E-state index in [1.54, 1.807) is 11.8 Å². The van der Waals surface area contributed by atoms with Gasteiger partial charge in [-0.25, -0.2) is 0 Å². The number of nitrogens with two attached hydrogens (primary N) is 1. The van der Waals surface area contributed by atoms with Crippen molar-refractivity contribution in [3.05, 3.63) is 34.1 Å². The van der Waals surface area contributed by atoms with Crippen LogP contribution in [0.2, 0.25) is 0 Å². The summed E-state index contributed by atoms with van der Waals surface area (Å²) in [7, 11) is 0. The van der Waals surface area contributed by atoms with Gasteiger partial charge in [-0.15, -0.1) is 10.2 Å². The van der Waals surface area contributed by atoms with Gasteiger partial charge in [0.25, 0.3) is 0 Å². The molecule has 1 aromatic heterocycles. The van der Waals surface area contributed by atoms with Crippen molar-refractivity contribution in [2.24, 2.45) is 0 Å². The standard InChI is InChI=1S/C15H17BrN4S/c16-11-5-9(6-12(17)7-11)8-21-15-19-18-14(10-1-2-10)20(15)13-3-4-13/h5-7,10,13H,1-4,8,17H2. The quantitative estimate of drug-likeness (QED) is 0.640. The Morgan fingerprint density at radius 3 is 2.67 bits per heavy atom. The number of aromatic nitrogens is 3. The van der Waals surface area contributed by atoms with Gasteiger partial charge >= 0.3 is 0 Å². The van der Waals surface area contributed by atoms with Gasteiger partial charge in [-0.05, 0) is 49.4 Å². The van der Waals surface area contributed by atoms with Crippen LogP contribution in [0.1, 0.15) is 49.0 Å². The van der Waals surface area contributed by atoms with Crippen molar-refractivity contribution in [2.45, 2.75) is 48.6 Å². The molecule has 4 nitrogen and oxygen atoms in total. The summed E-state index contributed by atoms with van der Waals surface area (Å²) in [4.78, 5) is 0. The van der Waals surface area contributed by atoms with Gasteiger partial charge in [0.1, 0.15) is 5.82 Å². The monoisotopic (exact) mass is 364 g/mol. The molecule has 2 N–H and O–H groups in total. The fourth-order valence-corrected chi connectivity index (χ4v) is 4.09. The number of nitrogen functional groups attached to an aromatic ring is 1. The first-order valence-corrected chi connectivity index (χ1v) is 9.11. The second-order valence-corrected chi connectivity index (χ2v) is 7.76. The molecule has 2 aliphatic rings. The van der Waals surface area contributed by atoms with Crippen molar-refractivity contribution in [3.63, 3.8) is 0 Å². The molecule has 0 saturated heterocycles. The SMILES string of the molecule is Nc1cc(Br)cc(CSc2nnc(C3CC3)n2C2CC2)c1. The highest BCUT2D eigenvalue weighted by Gasteiger charge is 2.36. The second kappa shape index (κ2) is 5.32. The van der Waals surface area contributed by atoms with Crippen molar-refractivity contribution < 1.29 is 0 Å². The first-order chi connectivity index (χ1) is 10.2. The number of nitrogens with zero attached hydrogens (tertiary/aromatic N) is 3. The van der Waals surface area contributed by atoms with Crippen molar-refractivity contribution in [1.82, 2.24) is 14.8 Å². The van der Waals surface area contributed by atoms with Gasteiger partial charge < -0.3 is 10.3 Å². The van der Waals surface area contributed by atoms with Crippen LogP contribution in [0.5, 0.6) is 0 Å². The van der Waals surface area contributed by atoms with Crippen LogP contribution in [-0.2, 0) is 5.75 Å². The third kappa shape index (κ3) is 2.97. The summed E-state index contributed by atoms with van der Waals surface area (Å²) in [6.07, 6.45) is 5.10. The number of benzene rings is 1. The van der Waals surface area contributed by atoms with Crippen LogP contribution in [0.25, 0.3) is 0 Å². The molecule has 0 atom stereocenters. The molecule has 2 saturated carbocycles. The van der Waals surface area contributed by atoms with E-state index in [0.29, 0.717) is 12.0 Å². The molecule has 1 heterocycles. The van der Waals surface area contributed by atoms with E-state index in [-0.39, 0.29) is 0 Å². The largest absolute Gasteiger partial charge is 0.399 e. The van der Waals surface area contributed by atoms with Crippen LogP contribution in [0.4, 0.5) is 5.69 Å². The summed E-state index contributed by atoms with van der Waals surface area (Å²) in [6.45, 7) is 0. The van der Waals surface area contributed by atoms with Crippen LogP contribution in [0.15, 0.2) is 27.8 Å². The Balaban J connectivity index is 1.54. The van der Waals surface area contributed by atoms with E-state index in [1.807, 2.05) is 12.1 Å². The molecule has 21 heavy (non-hydrogen) atoms. The van der Waals surface area contributed by atoms with E-state index in [1.165, 1.54) is 37.1 Å². The van der Waals surface area contributed by atoms with Gasteiger partial charge in [-0.2, -0.15) is 0 Å². The minimum Gasteiger partial charge on any atom is -0.399 e. The lowest BCUT2D eigenvalue weighted by molar-refractivity contribution is 0.627. The zero-order chi connectivity index (χ0) is 14.4. The lowest BCUT2D eigenvalue weighted by Gasteiger charge is -2.08. The normalized spacial score (nSPS) is 18.1. The topological polar surface area (TPSA) is 56.7 Å². The third-order valence-electron chi connectivity index (χ3n) is 3.89. The van der Waals surface area contributed by atoms with Gasteiger partial charge in [0, 0.05) is 27.9 Å². The van der Waals surface area contributed by atoms with E-state index in [2.05, 4.69) is 36.8 Å². The van der Waals surface area contributed by atoms with Crippen LogP contribution >= 0.6 is 27.7 Å². The molecule has 2 aliphatic carbocycles. The zero-order valence-electron chi connectivity index (χ0n) is 11.6. The number of hydrogen-bond donors (Lipinski definition) is 1. The molecule has 0 amide bonds. The molecule has 0 aliphatic heterocycles. The molecule has 4 rings (SSSR count). The summed E-state index contributed by atoms with van der Waals surface area (Å²) in [6, 6.07) is 6.71. The summed E-state index contributed by atoms with van der Waals surface area (Å²) >= 11 is 5.26. The van der Waals surface area contributed by atoms with E-state index in [0.717, 1.165) is 21.1 Å². The Morgan fingerprint density at radius 1 is 1.19 bits per heavy atom. The van der Waals surface area contributed by atoms with E-state index >= 15 is 0 Å². The molecule has 0 bridgehead atoms. The van der Waals surface area contributed by atoms with Crippen molar-refractivity contribution in [2.75, 3.05) is 5.73 Å².